The highest BCUT2D eigenvalue weighted by Crippen LogP contribution is 2.29. The Bertz CT molecular complexity index is 1170. The first-order chi connectivity index (χ1) is 16.8. The Morgan fingerprint density at radius 1 is 1.20 bits per heavy atom. The molecule has 10 heteroatoms. The molecule has 0 spiro atoms. The Balaban J connectivity index is 1.39. The van der Waals surface area contributed by atoms with Crippen molar-refractivity contribution in [2.24, 2.45) is 5.92 Å². The monoisotopic (exact) mass is 504 g/mol. The Hall–Kier alpha value is -2.56. The van der Waals surface area contributed by atoms with Crippen LogP contribution in [-0.2, 0) is 14.8 Å². The minimum atomic E-state index is -3.89. The average Bonchev–Trinajstić information content (AvgIpc) is 3.48. The van der Waals surface area contributed by atoms with Crippen LogP contribution in [0.25, 0.3) is 12.2 Å². The molecule has 1 aromatic carbocycles. The first-order valence-electron chi connectivity index (χ1n) is 12.2. The second-order valence-electron chi connectivity index (χ2n) is 9.16. The summed E-state index contributed by atoms with van der Waals surface area (Å²) in [5.41, 5.74) is 0.562. The Labute approximate surface area is 206 Å². The number of benzene rings is 1. The van der Waals surface area contributed by atoms with Crippen LogP contribution in [-0.4, -0.2) is 67.5 Å². The lowest BCUT2D eigenvalue weighted by Gasteiger charge is -2.31. The second kappa shape index (κ2) is 11.0. The normalized spacial score (nSPS) is 20.6. The van der Waals surface area contributed by atoms with Gasteiger partial charge in [0.25, 0.3) is 0 Å². The van der Waals surface area contributed by atoms with Crippen molar-refractivity contribution in [2.45, 2.75) is 50.5 Å². The summed E-state index contributed by atoms with van der Waals surface area (Å²) >= 11 is 0. The maximum atomic E-state index is 13.9. The van der Waals surface area contributed by atoms with Gasteiger partial charge in [-0.25, -0.2) is 12.8 Å². The molecule has 1 N–H and O–H groups in total. The highest BCUT2D eigenvalue weighted by molar-refractivity contribution is 7.89. The Kier molecular flexibility index (Phi) is 8.03. The van der Waals surface area contributed by atoms with Gasteiger partial charge in [-0.05, 0) is 63.9 Å². The SMILES string of the molecule is CCN1CCC[C@@H]1CNC(=O)C1CCN(S(=O)(=O)c2c(C)noc2/C=C/c2ccccc2F)CC1. The molecule has 2 fully saturated rings. The summed E-state index contributed by atoms with van der Waals surface area (Å²) in [6.07, 6.45) is 6.06. The van der Waals surface area contributed by atoms with Crippen molar-refractivity contribution in [1.82, 2.24) is 19.7 Å². The molecule has 0 radical (unpaired) electrons. The zero-order chi connectivity index (χ0) is 25.0. The molecule has 2 aromatic rings. The highest BCUT2D eigenvalue weighted by atomic mass is 32.2. The molecule has 8 nitrogen and oxygen atoms in total. The summed E-state index contributed by atoms with van der Waals surface area (Å²) in [6, 6.07) is 6.58. The Morgan fingerprint density at radius 3 is 2.66 bits per heavy atom. The first kappa shape index (κ1) is 25.5. The minimum Gasteiger partial charge on any atom is -0.355 e. The molecule has 0 saturated carbocycles. The number of carbonyl (C=O) groups is 1. The fourth-order valence-electron chi connectivity index (χ4n) is 4.97. The van der Waals surface area contributed by atoms with Crippen LogP contribution in [0.15, 0.2) is 33.7 Å². The first-order valence-corrected chi connectivity index (χ1v) is 13.7. The van der Waals surface area contributed by atoms with Gasteiger partial charge in [0.05, 0.1) is 0 Å². The number of likely N-dealkylation sites (tertiary alicyclic amines) is 1. The van der Waals surface area contributed by atoms with Crippen LogP contribution in [0.1, 0.15) is 49.6 Å². The number of hydrogen-bond donors (Lipinski definition) is 1. The maximum Gasteiger partial charge on any atom is 0.248 e. The molecule has 2 aliphatic heterocycles. The van der Waals surface area contributed by atoms with E-state index in [1.165, 1.54) is 22.5 Å². The van der Waals surface area contributed by atoms with Crippen LogP contribution >= 0.6 is 0 Å². The summed E-state index contributed by atoms with van der Waals surface area (Å²) in [5, 5.41) is 6.92. The van der Waals surface area contributed by atoms with E-state index in [2.05, 4.69) is 22.3 Å². The van der Waals surface area contributed by atoms with Crippen molar-refractivity contribution in [2.75, 3.05) is 32.7 Å². The molecule has 3 heterocycles. The molecular weight excluding hydrogens is 471 g/mol. The third-order valence-electron chi connectivity index (χ3n) is 6.99. The van der Waals surface area contributed by atoms with Gasteiger partial charge >= 0.3 is 0 Å². The molecule has 4 rings (SSSR count). The maximum absolute atomic E-state index is 13.9. The number of piperidine rings is 1. The van der Waals surface area contributed by atoms with Crippen LogP contribution in [0.4, 0.5) is 4.39 Å². The number of nitrogens with one attached hydrogen (secondary N) is 1. The van der Waals surface area contributed by atoms with Crippen molar-refractivity contribution in [3.8, 4) is 0 Å². The quantitative estimate of drug-likeness (QED) is 0.593. The average molecular weight is 505 g/mol. The number of amides is 1. The number of nitrogens with zero attached hydrogens (tertiary/aromatic N) is 3. The van der Waals surface area contributed by atoms with Gasteiger partial charge in [0, 0.05) is 37.2 Å². The largest absolute Gasteiger partial charge is 0.355 e. The standard InChI is InChI=1S/C25H33FN4O4S/c1-3-29-14-6-8-21(29)17-27-25(31)20-12-15-30(16-13-20)35(32,33)24-18(2)28-34-23(24)11-10-19-7-4-5-9-22(19)26/h4-5,7,9-11,20-21H,3,6,8,12-17H2,1-2H3,(H,27,31)/b11-10+/t21-/m1/s1. The second-order valence-corrected chi connectivity index (χ2v) is 11.0. The van der Waals surface area contributed by atoms with Gasteiger partial charge in [0.15, 0.2) is 10.7 Å². The topological polar surface area (TPSA) is 95.8 Å². The summed E-state index contributed by atoms with van der Waals surface area (Å²) in [5.74, 6) is -0.565. The zero-order valence-corrected chi connectivity index (χ0v) is 21.1. The predicted molar refractivity (Wildman–Crippen MR) is 131 cm³/mol. The molecular formula is C25H33FN4O4S. The summed E-state index contributed by atoms with van der Waals surface area (Å²) in [4.78, 5) is 15.1. The third-order valence-corrected chi connectivity index (χ3v) is 9.05. The van der Waals surface area contributed by atoms with E-state index in [1.54, 1.807) is 25.1 Å². The zero-order valence-electron chi connectivity index (χ0n) is 20.2. The molecule has 190 valence electrons. The number of carbonyl (C=O) groups excluding carboxylic acids is 1. The molecule has 1 aromatic heterocycles. The minimum absolute atomic E-state index is 0.000306. The molecule has 35 heavy (non-hydrogen) atoms. The molecule has 2 saturated heterocycles. The third kappa shape index (κ3) is 5.65. The molecule has 1 amide bonds. The number of rotatable bonds is 8. The van der Waals surface area contributed by atoms with E-state index < -0.39 is 15.8 Å². The molecule has 0 aliphatic carbocycles. The van der Waals surface area contributed by atoms with E-state index in [1.807, 2.05) is 0 Å². The van der Waals surface area contributed by atoms with Gasteiger partial charge in [-0.15, -0.1) is 0 Å². The van der Waals surface area contributed by atoms with Gasteiger partial charge in [0.1, 0.15) is 11.5 Å². The van der Waals surface area contributed by atoms with Gasteiger partial charge < -0.3 is 9.84 Å². The summed E-state index contributed by atoms with van der Waals surface area (Å²) in [7, 11) is -3.89. The number of aromatic nitrogens is 1. The van der Waals surface area contributed by atoms with E-state index in [-0.39, 0.29) is 41.3 Å². The van der Waals surface area contributed by atoms with Crippen LogP contribution in [0.2, 0.25) is 0 Å². The summed E-state index contributed by atoms with van der Waals surface area (Å²) in [6.45, 7) is 6.89. The van der Waals surface area contributed by atoms with Gasteiger partial charge in [-0.1, -0.05) is 30.3 Å². The number of halogens is 1. The van der Waals surface area contributed by atoms with Crippen molar-refractivity contribution in [3.05, 3.63) is 47.1 Å². The van der Waals surface area contributed by atoms with Crippen molar-refractivity contribution in [1.29, 1.82) is 0 Å². The molecule has 2 aliphatic rings. The Morgan fingerprint density at radius 2 is 1.94 bits per heavy atom. The van der Waals surface area contributed by atoms with E-state index in [0.717, 1.165) is 25.9 Å². The van der Waals surface area contributed by atoms with Gasteiger partial charge in [-0.2, -0.15) is 4.31 Å². The lowest BCUT2D eigenvalue weighted by Crippen LogP contribution is -2.46. The van der Waals surface area contributed by atoms with Crippen LogP contribution in [0.3, 0.4) is 0 Å². The fraction of sp³-hybridized carbons (Fsp3) is 0.520. The lowest BCUT2D eigenvalue weighted by molar-refractivity contribution is -0.126. The van der Waals surface area contributed by atoms with Gasteiger partial charge in [0.2, 0.25) is 15.9 Å². The highest BCUT2D eigenvalue weighted by Gasteiger charge is 2.36. The van der Waals surface area contributed by atoms with Crippen LogP contribution in [0.5, 0.6) is 0 Å². The number of sulfonamides is 1. The molecule has 1 atom stereocenters. The van der Waals surface area contributed by atoms with Crippen LogP contribution < -0.4 is 5.32 Å². The van der Waals surface area contributed by atoms with Crippen LogP contribution in [0, 0.1) is 18.7 Å². The number of aryl methyl sites for hydroxylation is 1. The number of hydrogen-bond acceptors (Lipinski definition) is 6. The van der Waals surface area contributed by atoms with Crippen molar-refractivity contribution >= 4 is 28.1 Å². The van der Waals surface area contributed by atoms with E-state index >= 15 is 0 Å². The molecule has 0 unspecified atom stereocenters. The summed E-state index contributed by atoms with van der Waals surface area (Å²) < 4.78 is 47.4. The van der Waals surface area contributed by atoms with Gasteiger partial charge in [-0.3, -0.25) is 9.69 Å². The van der Waals surface area contributed by atoms with Crippen molar-refractivity contribution in [3.63, 3.8) is 0 Å². The van der Waals surface area contributed by atoms with Crippen molar-refractivity contribution < 1.29 is 22.1 Å². The number of likely N-dealkylation sites (N-methyl/N-ethyl adjacent to an activating group) is 1. The van der Waals surface area contributed by atoms with E-state index in [0.29, 0.717) is 31.0 Å². The lowest BCUT2D eigenvalue weighted by atomic mass is 9.97. The predicted octanol–water partition coefficient (Wildman–Crippen LogP) is 3.29. The molecule has 0 bridgehead atoms. The smallest absolute Gasteiger partial charge is 0.248 e. The van der Waals surface area contributed by atoms with E-state index in [9.17, 15) is 17.6 Å². The van der Waals surface area contributed by atoms with E-state index in [4.69, 9.17) is 4.52 Å². The fourth-order valence-corrected chi connectivity index (χ4v) is 6.69.